The van der Waals surface area contributed by atoms with Crippen molar-refractivity contribution in [2.24, 2.45) is 0 Å². The van der Waals surface area contributed by atoms with E-state index >= 15 is 0 Å². The summed E-state index contributed by atoms with van der Waals surface area (Å²) >= 11 is 0. The first-order chi connectivity index (χ1) is 20.4. The first-order valence-electron chi connectivity index (χ1n) is 13.1. The number of fused-ring (bicyclic) bond motifs is 2. The Labute approximate surface area is 240 Å². The van der Waals surface area contributed by atoms with Crippen molar-refractivity contribution >= 4 is 28.1 Å². The molecule has 6 rings (SSSR count). The summed E-state index contributed by atoms with van der Waals surface area (Å²) in [7, 11) is 1.54. The molecule has 0 aliphatic rings. The lowest BCUT2D eigenvalue weighted by atomic mass is 10.0. The SMILES string of the molecule is COc1cc(C#Cc2cccc3cc([C@@H](C)NC(=O)c4c(N)nn5cccnc45)n(-c4ccccc4)c(=O)c23)ccn1. The van der Waals surface area contributed by atoms with E-state index in [1.807, 2.05) is 61.5 Å². The Bertz CT molecular complexity index is 2090. The summed E-state index contributed by atoms with van der Waals surface area (Å²) in [5, 5.41) is 8.33. The van der Waals surface area contributed by atoms with Gasteiger partial charge in [0.2, 0.25) is 5.88 Å². The summed E-state index contributed by atoms with van der Waals surface area (Å²) < 4.78 is 8.25. The molecule has 0 aliphatic carbocycles. The largest absolute Gasteiger partial charge is 0.481 e. The van der Waals surface area contributed by atoms with Crippen molar-refractivity contribution in [2.45, 2.75) is 13.0 Å². The first kappa shape index (κ1) is 26.3. The molecule has 0 unspecified atom stereocenters. The minimum Gasteiger partial charge on any atom is -0.481 e. The Hall–Kier alpha value is -5.95. The number of aromatic nitrogens is 5. The Morgan fingerprint density at radius 2 is 1.83 bits per heavy atom. The minimum atomic E-state index is -0.591. The van der Waals surface area contributed by atoms with Crippen LogP contribution >= 0.6 is 0 Å². The zero-order valence-electron chi connectivity index (χ0n) is 22.8. The Kier molecular flexibility index (Phi) is 6.82. The van der Waals surface area contributed by atoms with Gasteiger partial charge >= 0.3 is 0 Å². The normalized spacial score (nSPS) is 11.6. The number of hydrogen-bond donors (Lipinski definition) is 2. The molecule has 42 heavy (non-hydrogen) atoms. The molecule has 0 bridgehead atoms. The highest BCUT2D eigenvalue weighted by atomic mass is 16.5. The van der Waals surface area contributed by atoms with Gasteiger partial charge in [0.1, 0.15) is 5.56 Å². The fourth-order valence-corrected chi connectivity index (χ4v) is 4.85. The molecule has 0 saturated heterocycles. The molecule has 4 heterocycles. The number of anilines is 1. The van der Waals surface area contributed by atoms with E-state index in [2.05, 4.69) is 32.2 Å². The first-order valence-corrected chi connectivity index (χ1v) is 13.1. The fourth-order valence-electron chi connectivity index (χ4n) is 4.85. The number of carbonyl (C=O) groups excluding carboxylic acids is 1. The van der Waals surface area contributed by atoms with Gasteiger partial charge in [-0.05, 0) is 48.7 Å². The summed E-state index contributed by atoms with van der Waals surface area (Å²) in [5.74, 6) is 6.33. The average molecular weight is 556 g/mol. The molecule has 2 aromatic carbocycles. The molecule has 3 N–H and O–H groups in total. The van der Waals surface area contributed by atoms with Crippen LogP contribution in [0, 0.1) is 11.8 Å². The molecule has 10 nitrogen and oxygen atoms in total. The number of methoxy groups -OCH3 is 1. The van der Waals surface area contributed by atoms with Gasteiger partial charge in [-0.2, -0.15) is 0 Å². The molecule has 0 aliphatic heterocycles. The zero-order valence-corrected chi connectivity index (χ0v) is 22.8. The summed E-state index contributed by atoms with van der Waals surface area (Å²) in [6.45, 7) is 1.81. The Morgan fingerprint density at radius 3 is 2.64 bits per heavy atom. The molecule has 206 valence electrons. The number of benzene rings is 2. The summed E-state index contributed by atoms with van der Waals surface area (Å²) in [5.41, 5.74) is 8.85. The topological polar surface area (TPSA) is 129 Å². The standard InChI is InChI=1S/C32H25N7O3/c1-20(36-31(40)28-29(33)37-38-17-7-15-35-30(28)38)25-19-23-9-6-8-22(13-12-21-14-16-34-26(18-21)42-2)27(23)32(41)39(25)24-10-4-3-5-11-24/h3-11,14-20H,1-2H3,(H2,33,37)(H,36,40)/t20-/m1/s1. The van der Waals surface area contributed by atoms with Crippen molar-refractivity contribution in [3.8, 4) is 23.4 Å². The minimum absolute atomic E-state index is 0.0624. The zero-order chi connectivity index (χ0) is 29.2. The van der Waals surface area contributed by atoms with E-state index in [0.29, 0.717) is 44.8 Å². The fraction of sp³-hybridized carbons (Fsp3) is 0.0938. The third-order valence-electron chi connectivity index (χ3n) is 6.82. The number of rotatable bonds is 5. The van der Waals surface area contributed by atoms with Gasteiger partial charge in [-0.3, -0.25) is 14.2 Å². The van der Waals surface area contributed by atoms with E-state index in [9.17, 15) is 9.59 Å². The van der Waals surface area contributed by atoms with Crippen LogP contribution in [0.25, 0.3) is 22.1 Å². The van der Waals surface area contributed by atoms with Crippen molar-refractivity contribution in [3.63, 3.8) is 0 Å². The number of ether oxygens (including phenoxy) is 1. The monoisotopic (exact) mass is 555 g/mol. The molecule has 0 fully saturated rings. The number of hydrogen-bond acceptors (Lipinski definition) is 7. The lowest BCUT2D eigenvalue weighted by Crippen LogP contribution is -2.32. The molecule has 1 atom stereocenters. The van der Waals surface area contributed by atoms with Gasteiger partial charge in [-0.15, -0.1) is 5.10 Å². The van der Waals surface area contributed by atoms with Gasteiger partial charge < -0.3 is 15.8 Å². The quantitative estimate of drug-likeness (QED) is 0.309. The Balaban J connectivity index is 1.47. The number of para-hydroxylation sites is 1. The molecule has 0 spiro atoms. The second-order valence-electron chi connectivity index (χ2n) is 9.50. The van der Waals surface area contributed by atoms with Crippen molar-refractivity contribution in [2.75, 3.05) is 12.8 Å². The van der Waals surface area contributed by atoms with Crippen LogP contribution in [-0.4, -0.2) is 37.2 Å². The van der Waals surface area contributed by atoms with Gasteiger partial charge in [0.05, 0.1) is 18.5 Å². The molecule has 4 aromatic heterocycles. The second-order valence-corrected chi connectivity index (χ2v) is 9.50. The van der Waals surface area contributed by atoms with Crippen LogP contribution < -0.4 is 21.3 Å². The van der Waals surface area contributed by atoms with E-state index in [1.165, 1.54) is 4.52 Å². The van der Waals surface area contributed by atoms with Crippen LogP contribution in [0.15, 0.2) is 96.2 Å². The highest BCUT2D eigenvalue weighted by Gasteiger charge is 2.24. The van der Waals surface area contributed by atoms with Gasteiger partial charge in [0, 0.05) is 47.2 Å². The lowest BCUT2D eigenvalue weighted by Gasteiger charge is -2.21. The van der Waals surface area contributed by atoms with E-state index in [1.54, 1.807) is 48.5 Å². The maximum Gasteiger partial charge on any atom is 0.264 e. The van der Waals surface area contributed by atoms with Crippen LogP contribution in [0.4, 0.5) is 5.82 Å². The third-order valence-corrected chi connectivity index (χ3v) is 6.82. The van der Waals surface area contributed by atoms with Crippen LogP contribution in [0.5, 0.6) is 5.88 Å². The number of nitrogens with one attached hydrogen (secondary N) is 1. The van der Waals surface area contributed by atoms with Gasteiger partial charge in [0.25, 0.3) is 11.5 Å². The predicted octanol–water partition coefficient (Wildman–Crippen LogP) is 3.91. The number of nitrogens with zero attached hydrogens (tertiary/aromatic N) is 5. The molecular formula is C32H25N7O3. The van der Waals surface area contributed by atoms with E-state index in [-0.39, 0.29) is 16.9 Å². The summed E-state index contributed by atoms with van der Waals surface area (Å²) in [6.07, 6.45) is 4.85. The Morgan fingerprint density at radius 1 is 1.00 bits per heavy atom. The van der Waals surface area contributed by atoms with Gasteiger partial charge in [0.15, 0.2) is 11.5 Å². The van der Waals surface area contributed by atoms with Crippen LogP contribution in [0.1, 0.15) is 40.1 Å². The summed E-state index contributed by atoms with van der Waals surface area (Å²) in [4.78, 5) is 36.1. The van der Waals surface area contributed by atoms with Gasteiger partial charge in [-0.1, -0.05) is 42.2 Å². The molecular weight excluding hydrogens is 530 g/mol. The lowest BCUT2D eigenvalue weighted by molar-refractivity contribution is 0.0941. The highest BCUT2D eigenvalue weighted by Crippen LogP contribution is 2.24. The molecule has 0 radical (unpaired) electrons. The number of nitrogen functional groups attached to an aromatic ring is 1. The van der Waals surface area contributed by atoms with Crippen molar-refractivity contribution in [3.05, 3.63) is 124 Å². The smallest absolute Gasteiger partial charge is 0.264 e. The maximum absolute atomic E-state index is 14.2. The van der Waals surface area contributed by atoms with E-state index in [4.69, 9.17) is 10.5 Å². The molecule has 6 aromatic rings. The van der Waals surface area contributed by atoms with Crippen molar-refractivity contribution < 1.29 is 9.53 Å². The third kappa shape index (κ3) is 4.80. The maximum atomic E-state index is 14.2. The predicted molar refractivity (Wildman–Crippen MR) is 160 cm³/mol. The van der Waals surface area contributed by atoms with Crippen LogP contribution in [-0.2, 0) is 0 Å². The average Bonchev–Trinajstić information content (AvgIpc) is 3.36. The van der Waals surface area contributed by atoms with E-state index in [0.717, 1.165) is 0 Å². The molecule has 10 heteroatoms. The number of nitrogens with two attached hydrogens (primary N) is 1. The van der Waals surface area contributed by atoms with Crippen LogP contribution in [0.2, 0.25) is 0 Å². The second kappa shape index (κ2) is 10.9. The molecule has 1 amide bonds. The van der Waals surface area contributed by atoms with Crippen molar-refractivity contribution in [1.29, 1.82) is 0 Å². The van der Waals surface area contributed by atoms with E-state index < -0.39 is 11.9 Å². The number of pyridine rings is 2. The summed E-state index contributed by atoms with van der Waals surface area (Å²) in [6, 6.07) is 21.3. The number of amides is 1. The van der Waals surface area contributed by atoms with Crippen molar-refractivity contribution in [1.82, 2.24) is 29.5 Å². The highest BCUT2D eigenvalue weighted by molar-refractivity contribution is 6.04. The molecule has 0 saturated carbocycles. The van der Waals surface area contributed by atoms with Crippen LogP contribution in [0.3, 0.4) is 0 Å². The van der Waals surface area contributed by atoms with Gasteiger partial charge in [-0.25, -0.2) is 14.5 Å². The number of carbonyl (C=O) groups is 1.